The third kappa shape index (κ3) is 7.40. The van der Waals surface area contributed by atoms with Crippen molar-refractivity contribution in [3.63, 3.8) is 0 Å². The second kappa shape index (κ2) is 8.63. The minimum atomic E-state index is -0.584. The highest BCUT2D eigenvalue weighted by molar-refractivity contribution is 5.84. The fourth-order valence-electron chi connectivity index (χ4n) is 1.42. The molecule has 17 heavy (non-hydrogen) atoms. The summed E-state index contributed by atoms with van der Waals surface area (Å²) in [5.74, 6) is 2.22. The van der Waals surface area contributed by atoms with Crippen LogP contribution < -0.4 is 5.32 Å². The molecule has 0 heterocycles. The van der Waals surface area contributed by atoms with Gasteiger partial charge in [-0.05, 0) is 18.8 Å². The topological polar surface area (TPSA) is 55.4 Å². The minimum absolute atomic E-state index is 0.129. The van der Waals surface area contributed by atoms with Gasteiger partial charge in [0.25, 0.3) is 0 Å². The van der Waals surface area contributed by atoms with Gasteiger partial charge in [-0.2, -0.15) is 0 Å². The Morgan fingerprint density at radius 2 is 2.06 bits per heavy atom. The molecule has 1 atom stereocenters. The number of nitrogens with one attached hydrogen (secondary N) is 1. The molecule has 96 valence electrons. The first-order chi connectivity index (χ1) is 8.01. The monoisotopic (exact) mass is 239 g/mol. The van der Waals surface area contributed by atoms with E-state index < -0.39 is 12.0 Å². The maximum absolute atomic E-state index is 11.6. The van der Waals surface area contributed by atoms with Gasteiger partial charge >= 0.3 is 5.97 Å². The second-order valence-corrected chi connectivity index (χ2v) is 4.34. The summed E-state index contributed by atoms with van der Waals surface area (Å²) in [5, 5.41) is 2.68. The number of carbonyl (C=O) groups excluding carboxylic acids is 2. The molecule has 4 heteroatoms. The first-order valence-corrected chi connectivity index (χ1v) is 5.81. The summed E-state index contributed by atoms with van der Waals surface area (Å²) in [5.41, 5.74) is 0. The average molecular weight is 239 g/mol. The lowest BCUT2D eigenvalue weighted by Gasteiger charge is -2.16. The van der Waals surface area contributed by atoms with Crippen molar-refractivity contribution in [2.75, 3.05) is 7.11 Å². The first kappa shape index (κ1) is 15.5. The van der Waals surface area contributed by atoms with Gasteiger partial charge in [-0.1, -0.05) is 13.8 Å². The Morgan fingerprint density at radius 3 is 2.53 bits per heavy atom. The molecule has 0 saturated heterocycles. The predicted molar refractivity (Wildman–Crippen MR) is 66.1 cm³/mol. The number of hydrogen-bond donors (Lipinski definition) is 1. The van der Waals surface area contributed by atoms with E-state index in [0.717, 1.165) is 0 Å². The van der Waals surface area contributed by atoms with Crippen molar-refractivity contribution in [3.8, 4) is 12.3 Å². The fraction of sp³-hybridized carbons (Fsp3) is 0.692. The molecule has 0 unspecified atom stereocenters. The first-order valence-electron chi connectivity index (χ1n) is 5.81. The van der Waals surface area contributed by atoms with Gasteiger partial charge in [-0.25, -0.2) is 4.79 Å². The number of ether oxygens (including phenoxy) is 1. The van der Waals surface area contributed by atoms with Gasteiger partial charge in [-0.3, -0.25) is 4.79 Å². The zero-order valence-electron chi connectivity index (χ0n) is 10.8. The lowest BCUT2D eigenvalue weighted by atomic mass is 10.1. The molecule has 0 aromatic rings. The van der Waals surface area contributed by atoms with Crippen LogP contribution in [0.2, 0.25) is 0 Å². The largest absolute Gasteiger partial charge is 0.467 e. The van der Waals surface area contributed by atoms with Gasteiger partial charge in [-0.15, -0.1) is 12.3 Å². The normalized spacial score (nSPS) is 11.7. The van der Waals surface area contributed by atoms with Crippen LogP contribution in [-0.4, -0.2) is 25.0 Å². The van der Waals surface area contributed by atoms with E-state index in [4.69, 9.17) is 6.42 Å². The number of terminal acetylenes is 1. The molecule has 1 N–H and O–H groups in total. The van der Waals surface area contributed by atoms with Gasteiger partial charge in [0.15, 0.2) is 0 Å². The van der Waals surface area contributed by atoms with Crippen molar-refractivity contribution in [1.82, 2.24) is 5.32 Å². The molecule has 0 aromatic carbocycles. The summed E-state index contributed by atoms with van der Waals surface area (Å²) >= 11 is 0. The average Bonchev–Trinajstić information content (AvgIpc) is 2.26. The van der Waals surface area contributed by atoms with Crippen LogP contribution in [0.25, 0.3) is 0 Å². The Labute approximate surface area is 103 Å². The number of methoxy groups -OCH3 is 1. The van der Waals surface area contributed by atoms with Crippen molar-refractivity contribution in [1.29, 1.82) is 0 Å². The SMILES string of the molecule is C#CCCC[C@H](NC(=O)CC(C)C)C(=O)OC. The zero-order valence-corrected chi connectivity index (χ0v) is 10.8. The van der Waals surface area contributed by atoms with E-state index >= 15 is 0 Å². The molecule has 1 amide bonds. The Kier molecular flexibility index (Phi) is 7.87. The van der Waals surface area contributed by atoms with Crippen LogP contribution in [0.1, 0.15) is 39.5 Å². The van der Waals surface area contributed by atoms with E-state index in [-0.39, 0.29) is 11.8 Å². The molecule has 0 radical (unpaired) electrons. The number of rotatable bonds is 7. The van der Waals surface area contributed by atoms with Crippen LogP contribution in [0.3, 0.4) is 0 Å². The fourth-order valence-corrected chi connectivity index (χ4v) is 1.42. The highest BCUT2D eigenvalue weighted by Crippen LogP contribution is 2.05. The van der Waals surface area contributed by atoms with Crippen LogP contribution in [0.4, 0.5) is 0 Å². The number of hydrogen-bond acceptors (Lipinski definition) is 3. The lowest BCUT2D eigenvalue weighted by molar-refractivity contribution is -0.145. The van der Waals surface area contributed by atoms with Gasteiger partial charge in [0.2, 0.25) is 5.91 Å². The summed E-state index contributed by atoms with van der Waals surface area (Å²) < 4.78 is 4.64. The van der Waals surface area contributed by atoms with Crippen LogP contribution in [-0.2, 0) is 14.3 Å². The van der Waals surface area contributed by atoms with E-state index in [2.05, 4.69) is 16.0 Å². The lowest BCUT2D eigenvalue weighted by Crippen LogP contribution is -2.41. The predicted octanol–water partition coefficient (Wildman–Crippen LogP) is 1.49. The third-order valence-corrected chi connectivity index (χ3v) is 2.23. The van der Waals surface area contributed by atoms with Crippen LogP contribution in [0.5, 0.6) is 0 Å². The highest BCUT2D eigenvalue weighted by Gasteiger charge is 2.20. The number of amides is 1. The quantitative estimate of drug-likeness (QED) is 0.416. The summed E-state index contributed by atoms with van der Waals surface area (Å²) in [7, 11) is 1.31. The molecule has 0 spiro atoms. The Bertz CT molecular complexity index is 292. The molecule has 0 aliphatic heterocycles. The van der Waals surface area contributed by atoms with Crippen LogP contribution >= 0.6 is 0 Å². The van der Waals surface area contributed by atoms with Crippen LogP contribution in [0, 0.1) is 18.3 Å². The van der Waals surface area contributed by atoms with Gasteiger partial charge < -0.3 is 10.1 Å². The summed E-state index contributed by atoms with van der Waals surface area (Å²) in [4.78, 5) is 23.0. The molecule has 4 nitrogen and oxygen atoms in total. The maximum atomic E-state index is 11.6. The van der Waals surface area contributed by atoms with Crippen LogP contribution in [0.15, 0.2) is 0 Å². The van der Waals surface area contributed by atoms with E-state index in [1.54, 1.807) is 0 Å². The Hall–Kier alpha value is -1.50. The smallest absolute Gasteiger partial charge is 0.328 e. The summed E-state index contributed by atoms with van der Waals surface area (Å²) in [6.45, 7) is 3.90. The van der Waals surface area contributed by atoms with Crippen molar-refractivity contribution in [2.24, 2.45) is 5.92 Å². The molecule has 0 aliphatic rings. The van der Waals surface area contributed by atoms with Crippen molar-refractivity contribution in [3.05, 3.63) is 0 Å². The van der Waals surface area contributed by atoms with Crippen molar-refractivity contribution >= 4 is 11.9 Å². The van der Waals surface area contributed by atoms with Gasteiger partial charge in [0.1, 0.15) is 6.04 Å². The Morgan fingerprint density at radius 1 is 1.41 bits per heavy atom. The molecule has 0 aromatic heterocycles. The summed E-state index contributed by atoms with van der Waals surface area (Å²) in [6.07, 6.45) is 7.34. The van der Waals surface area contributed by atoms with Crippen molar-refractivity contribution in [2.45, 2.75) is 45.6 Å². The number of esters is 1. The van der Waals surface area contributed by atoms with Gasteiger partial charge in [0, 0.05) is 12.8 Å². The highest BCUT2D eigenvalue weighted by atomic mass is 16.5. The van der Waals surface area contributed by atoms with E-state index in [0.29, 0.717) is 25.7 Å². The Balaban J connectivity index is 4.24. The molecule has 0 fully saturated rings. The maximum Gasteiger partial charge on any atom is 0.328 e. The van der Waals surface area contributed by atoms with E-state index in [9.17, 15) is 9.59 Å². The number of unbranched alkanes of at least 4 members (excludes halogenated alkanes) is 1. The molecule has 0 rings (SSSR count). The number of carbonyl (C=O) groups is 2. The molecule has 0 bridgehead atoms. The molecule has 0 saturated carbocycles. The minimum Gasteiger partial charge on any atom is -0.467 e. The zero-order chi connectivity index (χ0) is 13.3. The standard InChI is InChI=1S/C13H21NO3/c1-5-6-7-8-11(13(16)17-4)14-12(15)9-10(2)3/h1,10-11H,6-9H2,2-4H3,(H,14,15)/t11-/m0/s1. The van der Waals surface area contributed by atoms with Crippen molar-refractivity contribution < 1.29 is 14.3 Å². The molecular weight excluding hydrogens is 218 g/mol. The van der Waals surface area contributed by atoms with E-state index in [1.807, 2.05) is 13.8 Å². The second-order valence-electron chi connectivity index (χ2n) is 4.34. The van der Waals surface area contributed by atoms with Gasteiger partial charge in [0.05, 0.1) is 7.11 Å². The molecule has 0 aliphatic carbocycles. The van der Waals surface area contributed by atoms with E-state index in [1.165, 1.54) is 7.11 Å². The third-order valence-electron chi connectivity index (χ3n) is 2.23. The summed E-state index contributed by atoms with van der Waals surface area (Å²) in [6, 6.07) is -0.584. The molecular formula is C13H21NO3.